The minimum Gasteiger partial charge on any atom is -0.254 e. The first-order valence-electron chi connectivity index (χ1n) is 5.74. The fourth-order valence-electron chi connectivity index (χ4n) is 1.65. The Kier molecular flexibility index (Phi) is 4.08. The zero-order valence-corrected chi connectivity index (χ0v) is 11.2. The summed E-state index contributed by atoms with van der Waals surface area (Å²) in [6.45, 7) is 1.95. The molecule has 4 heteroatoms. The second-order valence-corrected chi connectivity index (χ2v) is 5.67. The third-order valence-electron chi connectivity index (χ3n) is 2.75. The highest BCUT2D eigenvalue weighted by Crippen LogP contribution is 2.16. The molecule has 2 aromatic rings. The van der Waals surface area contributed by atoms with Crippen molar-refractivity contribution >= 4 is 10.8 Å². The SMILES string of the molecule is Cc1ccc(S(=O)Cc2ccc(C#N)cc2F)cc1. The molecule has 0 aromatic heterocycles. The van der Waals surface area contributed by atoms with E-state index in [1.165, 1.54) is 18.2 Å². The summed E-state index contributed by atoms with van der Waals surface area (Å²) in [6, 6.07) is 13.4. The van der Waals surface area contributed by atoms with E-state index < -0.39 is 16.6 Å². The van der Waals surface area contributed by atoms with Gasteiger partial charge in [-0.25, -0.2) is 4.39 Å². The normalized spacial score (nSPS) is 11.8. The molecule has 0 aliphatic rings. The largest absolute Gasteiger partial charge is 0.254 e. The molecule has 0 spiro atoms. The summed E-state index contributed by atoms with van der Waals surface area (Å²) in [5.41, 5.74) is 1.71. The molecule has 0 amide bonds. The minimum absolute atomic E-state index is 0.112. The van der Waals surface area contributed by atoms with Crippen LogP contribution in [-0.4, -0.2) is 4.21 Å². The van der Waals surface area contributed by atoms with E-state index in [1.54, 1.807) is 12.1 Å². The Bertz CT molecular complexity index is 659. The fourth-order valence-corrected chi connectivity index (χ4v) is 2.77. The van der Waals surface area contributed by atoms with Crippen molar-refractivity contribution in [3.8, 4) is 6.07 Å². The van der Waals surface area contributed by atoms with E-state index in [0.717, 1.165) is 5.56 Å². The van der Waals surface area contributed by atoms with Crippen LogP contribution in [0, 0.1) is 24.1 Å². The maximum Gasteiger partial charge on any atom is 0.128 e. The van der Waals surface area contributed by atoms with Crippen molar-refractivity contribution in [2.45, 2.75) is 17.6 Å². The van der Waals surface area contributed by atoms with E-state index in [2.05, 4.69) is 0 Å². The molecule has 19 heavy (non-hydrogen) atoms. The Labute approximate surface area is 114 Å². The quantitative estimate of drug-likeness (QED) is 0.860. The Balaban J connectivity index is 2.20. The van der Waals surface area contributed by atoms with Crippen molar-refractivity contribution in [3.05, 3.63) is 65.0 Å². The first kappa shape index (κ1) is 13.4. The average Bonchev–Trinajstić information content (AvgIpc) is 2.41. The van der Waals surface area contributed by atoms with E-state index in [0.29, 0.717) is 10.5 Å². The van der Waals surface area contributed by atoms with Crippen LogP contribution >= 0.6 is 0 Å². The Morgan fingerprint density at radius 2 is 1.89 bits per heavy atom. The number of aryl methyl sites for hydroxylation is 1. The topological polar surface area (TPSA) is 40.9 Å². The number of hydrogen-bond donors (Lipinski definition) is 0. The lowest BCUT2D eigenvalue weighted by Gasteiger charge is -2.05. The zero-order chi connectivity index (χ0) is 13.8. The molecule has 0 saturated heterocycles. The molecule has 2 nitrogen and oxygen atoms in total. The lowest BCUT2D eigenvalue weighted by molar-refractivity contribution is 0.614. The van der Waals surface area contributed by atoms with Crippen LogP contribution in [0.25, 0.3) is 0 Å². The van der Waals surface area contributed by atoms with E-state index in [1.807, 2.05) is 25.1 Å². The number of halogens is 1. The molecule has 0 fully saturated rings. The monoisotopic (exact) mass is 273 g/mol. The molecule has 2 rings (SSSR count). The number of hydrogen-bond acceptors (Lipinski definition) is 2. The molecule has 0 saturated carbocycles. The molecular formula is C15H12FNOS. The van der Waals surface area contributed by atoms with Gasteiger partial charge in [0, 0.05) is 10.5 Å². The molecule has 0 N–H and O–H groups in total. The van der Waals surface area contributed by atoms with Gasteiger partial charge in [0.05, 0.1) is 28.2 Å². The van der Waals surface area contributed by atoms with Crippen LogP contribution in [0.5, 0.6) is 0 Å². The van der Waals surface area contributed by atoms with Gasteiger partial charge in [-0.1, -0.05) is 23.8 Å². The lowest BCUT2D eigenvalue weighted by Crippen LogP contribution is -1.99. The smallest absolute Gasteiger partial charge is 0.128 e. The van der Waals surface area contributed by atoms with Crippen LogP contribution in [0.2, 0.25) is 0 Å². The fraction of sp³-hybridized carbons (Fsp3) is 0.133. The summed E-state index contributed by atoms with van der Waals surface area (Å²) in [6.07, 6.45) is 0. The van der Waals surface area contributed by atoms with E-state index in [-0.39, 0.29) is 11.3 Å². The Morgan fingerprint density at radius 1 is 1.21 bits per heavy atom. The third-order valence-corrected chi connectivity index (χ3v) is 4.12. The first-order chi connectivity index (χ1) is 9.10. The van der Waals surface area contributed by atoms with Crippen molar-refractivity contribution in [1.82, 2.24) is 0 Å². The molecule has 0 radical (unpaired) electrons. The van der Waals surface area contributed by atoms with E-state index >= 15 is 0 Å². The van der Waals surface area contributed by atoms with Gasteiger partial charge in [0.2, 0.25) is 0 Å². The molecule has 1 unspecified atom stereocenters. The molecule has 1 atom stereocenters. The van der Waals surface area contributed by atoms with E-state index in [4.69, 9.17) is 5.26 Å². The van der Waals surface area contributed by atoms with Crippen LogP contribution in [0.3, 0.4) is 0 Å². The van der Waals surface area contributed by atoms with Crippen LogP contribution in [0.15, 0.2) is 47.4 Å². The van der Waals surface area contributed by atoms with Crippen LogP contribution in [0.1, 0.15) is 16.7 Å². The first-order valence-corrected chi connectivity index (χ1v) is 7.05. The summed E-state index contributed by atoms with van der Waals surface area (Å²) in [4.78, 5) is 0.675. The van der Waals surface area contributed by atoms with Crippen LogP contribution in [0.4, 0.5) is 4.39 Å². The van der Waals surface area contributed by atoms with E-state index in [9.17, 15) is 8.60 Å². The summed E-state index contributed by atoms with van der Waals surface area (Å²) < 4.78 is 25.8. The summed E-state index contributed by atoms with van der Waals surface area (Å²) in [5.74, 6) is -0.375. The van der Waals surface area contributed by atoms with Crippen molar-refractivity contribution in [2.75, 3.05) is 0 Å². The highest BCUT2D eigenvalue weighted by atomic mass is 32.2. The predicted molar refractivity (Wildman–Crippen MR) is 72.4 cm³/mol. The van der Waals surface area contributed by atoms with Crippen molar-refractivity contribution < 1.29 is 8.60 Å². The van der Waals surface area contributed by atoms with Gasteiger partial charge in [-0.2, -0.15) is 5.26 Å². The van der Waals surface area contributed by atoms with Gasteiger partial charge in [-0.3, -0.25) is 4.21 Å². The highest BCUT2D eigenvalue weighted by molar-refractivity contribution is 7.84. The molecular weight excluding hydrogens is 261 g/mol. The summed E-state index contributed by atoms with van der Waals surface area (Å²) >= 11 is 0. The summed E-state index contributed by atoms with van der Waals surface area (Å²) in [5, 5.41) is 8.66. The molecule has 0 aliphatic heterocycles. The summed E-state index contributed by atoms with van der Waals surface area (Å²) in [7, 11) is -1.28. The van der Waals surface area contributed by atoms with Gasteiger partial charge in [0.1, 0.15) is 5.82 Å². The van der Waals surface area contributed by atoms with Gasteiger partial charge in [-0.15, -0.1) is 0 Å². The second kappa shape index (κ2) is 5.77. The maximum atomic E-state index is 13.7. The number of nitrogens with zero attached hydrogens (tertiary/aromatic N) is 1. The number of rotatable bonds is 3. The molecule has 0 heterocycles. The maximum absolute atomic E-state index is 13.7. The highest BCUT2D eigenvalue weighted by Gasteiger charge is 2.09. The third kappa shape index (κ3) is 3.27. The van der Waals surface area contributed by atoms with Gasteiger partial charge in [0.15, 0.2) is 0 Å². The van der Waals surface area contributed by atoms with Crippen LogP contribution in [-0.2, 0) is 16.6 Å². The van der Waals surface area contributed by atoms with Crippen molar-refractivity contribution in [1.29, 1.82) is 5.26 Å². The van der Waals surface area contributed by atoms with Crippen molar-refractivity contribution in [2.24, 2.45) is 0 Å². The van der Waals surface area contributed by atoms with Gasteiger partial charge >= 0.3 is 0 Å². The van der Waals surface area contributed by atoms with Crippen LogP contribution < -0.4 is 0 Å². The molecule has 96 valence electrons. The molecule has 0 aliphatic carbocycles. The second-order valence-electron chi connectivity index (χ2n) is 4.22. The molecule has 2 aromatic carbocycles. The predicted octanol–water partition coefficient (Wildman–Crippen LogP) is 3.31. The standard InChI is InChI=1S/C15H12FNOS/c1-11-2-6-14(7-3-11)19(18)10-13-5-4-12(9-17)8-15(13)16/h2-8H,10H2,1H3. The van der Waals surface area contributed by atoms with Gasteiger partial charge in [0.25, 0.3) is 0 Å². The lowest BCUT2D eigenvalue weighted by atomic mass is 10.1. The van der Waals surface area contributed by atoms with Gasteiger partial charge in [-0.05, 0) is 31.2 Å². The Hall–Kier alpha value is -1.99. The number of benzene rings is 2. The number of nitriles is 1. The Morgan fingerprint density at radius 3 is 2.47 bits per heavy atom. The average molecular weight is 273 g/mol. The minimum atomic E-state index is -1.28. The zero-order valence-electron chi connectivity index (χ0n) is 10.4. The molecule has 0 bridgehead atoms. The van der Waals surface area contributed by atoms with Crippen molar-refractivity contribution in [3.63, 3.8) is 0 Å². The van der Waals surface area contributed by atoms with Gasteiger partial charge < -0.3 is 0 Å².